The normalized spacial score (nSPS) is 20.2. The summed E-state index contributed by atoms with van der Waals surface area (Å²) in [6, 6.07) is 3.37. The molecule has 1 amide bonds. The second-order valence-corrected chi connectivity index (χ2v) is 5.95. The minimum atomic E-state index is -0.252. The van der Waals surface area contributed by atoms with Gasteiger partial charge in [0.2, 0.25) is 5.91 Å². The molecule has 0 bridgehead atoms. The lowest BCUT2D eigenvalue weighted by Gasteiger charge is -2.20. The molecule has 0 aliphatic carbocycles. The van der Waals surface area contributed by atoms with E-state index in [1.165, 1.54) is 4.57 Å². The van der Waals surface area contributed by atoms with E-state index >= 15 is 0 Å². The second-order valence-electron chi connectivity index (χ2n) is 5.95. The molecule has 7 heteroatoms. The summed E-state index contributed by atoms with van der Waals surface area (Å²) in [6.45, 7) is 5.16. The van der Waals surface area contributed by atoms with Gasteiger partial charge in [0.15, 0.2) is 0 Å². The van der Waals surface area contributed by atoms with Crippen LogP contribution in [0.1, 0.15) is 30.8 Å². The van der Waals surface area contributed by atoms with Crippen molar-refractivity contribution in [3.8, 4) is 0 Å². The van der Waals surface area contributed by atoms with E-state index in [0.29, 0.717) is 12.2 Å². The maximum absolute atomic E-state index is 12.3. The predicted octanol–water partition coefficient (Wildman–Crippen LogP) is 1.02. The van der Waals surface area contributed by atoms with Crippen molar-refractivity contribution >= 4 is 5.91 Å². The fourth-order valence-corrected chi connectivity index (χ4v) is 3.03. The SMILES string of the molecule is CCn1ccnc1[C@H]1OCC[C@@H]1NC(=O)Cn1cccc(C)c1=O. The van der Waals surface area contributed by atoms with Crippen LogP contribution < -0.4 is 10.9 Å². The summed E-state index contributed by atoms with van der Waals surface area (Å²) in [6.07, 6.45) is 5.75. The number of rotatable bonds is 5. The van der Waals surface area contributed by atoms with Gasteiger partial charge in [-0.2, -0.15) is 0 Å². The van der Waals surface area contributed by atoms with Crippen LogP contribution in [-0.2, 0) is 22.6 Å². The van der Waals surface area contributed by atoms with E-state index < -0.39 is 0 Å². The van der Waals surface area contributed by atoms with Crippen molar-refractivity contribution in [3.63, 3.8) is 0 Å². The third-order valence-electron chi connectivity index (χ3n) is 4.31. The van der Waals surface area contributed by atoms with Gasteiger partial charge < -0.3 is 19.2 Å². The summed E-state index contributed by atoms with van der Waals surface area (Å²) in [5.41, 5.74) is 0.478. The van der Waals surface area contributed by atoms with Crippen LogP contribution in [0, 0.1) is 6.92 Å². The summed E-state index contributed by atoms with van der Waals surface area (Å²) in [4.78, 5) is 28.7. The van der Waals surface area contributed by atoms with Crippen molar-refractivity contribution in [1.82, 2.24) is 19.4 Å². The lowest BCUT2D eigenvalue weighted by Crippen LogP contribution is -2.41. The van der Waals surface area contributed by atoms with E-state index in [0.717, 1.165) is 18.8 Å². The fraction of sp³-hybridized carbons (Fsp3) is 0.471. The predicted molar refractivity (Wildman–Crippen MR) is 88.6 cm³/mol. The van der Waals surface area contributed by atoms with E-state index in [9.17, 15) is 9.59 Å². The first-order chi connectivity index (χ1) is 11.6. The zero-order valence-corrected chi connectivity index (χ0v) is 13.9. The number of aryl methyl sites for hydroxylation is 2. The number of hydrogen-bond acceptors (Lipinski definition) is 4. The number of carbonyl (C=O) groups is 1. The first kappa shape index (κ1) is 16.4. The molecule has 1 aliphatic rings. The number of nitrogens with zero attached hydrogens (tertiary/aromatic N) is 3. The number of amides is 1. The fourth-order valence-electron chi connectivity index (χ4n) is 3.03. The highest BCUT2D eigenvalue weighted by Gasteiger charge is 2.33. The molecule has 2 aromatic rings. The number of pyridine rings is 1. The van der Waals surface area contributed by atoms with Crippen molar-refractivity contribution in [2.24, 2.45) is 0 Å². The van der Waals surface area contributed by atoms with Crippen LogP contribution in [0.5, 0.6) is 0 Å². The summed E-state index contributed by atoms with van der Waals surface area (Å²) in [5.74, 6) is 0.630. The Labute approximate surface area is 140 Å². The maximum atomic E-state index is 12.3. The molecule has 0 radical (unpaired) electrons. The van der Waals surface area contributed by atoms with Crippen LogP contribution in [-0.4, -0.2) is 32.7 Å². The number of imidazole rings is 1. The van der Waals surface area contributed by atoms with Crippen LogP contribution in [0.15, 0.2) is 35.5 Å². The van der Waals surface area contributed by atoms with Crippen molar-refractivity contribution in [1.29, 1.82) is 0 Å². The van der Waals surface area contributed by atoms with Gasteiger partial charge in [0.1, 0.15) is 18.5 Å². The third-order valence-corrected chi connectivity index (χ3v) is 4.31. The Bertz CT molecular complexity index is 780. The molecular weight excluding hydrogens is 308 g/mol. The Morgan fingerprint density at radius 3 is 3.04 bits per heavy atom. The van der Waals surface area contributed by atoms with Gasteiger partial charge >= 0.3 is 0 Å². The monoisotopic (exact) mass is 330 g/mol. The highest BCUT2D eigenvalue weighted by molar-refractivity contribution is 5.76. The van der Waals surface area contributed by atoms with E-state index in [1.807, 2.05) is 17.7 Å². The summed E-state index contributed by atoms with van der Waals surface area (Å²) < 4.78 is 9.21. The van der Waals surface area contributed by atoms with Gasteiger partial charge in [-0.25, -0.2) is 4.98 Å². The Morgan fingerprint density at radius 1 is 1.42 bits per heavy atom. The Kier molecular flexibility index (Phi) is 4.80. The molecule has 1 fully saturated rings. The van der Waals surface area contributed by atoms with Crippen molar-refractivity contribution in [2.75, 3.05) is 6.61 Å². The first-order valence-electron chi connectivity index (χ1n) is 8.18. The lowest BCUT2D eigenvalue weighted by atomic mass is 10.1. The molecule has 2 atom stereocenters. The molecule has 0 unspecified atom stereocenters. The lowest BCUT2D eigenvalue weighted by molar-refractivity contribution is -0.122. The van der Waals surface area contributed by atoms with E-state index in [4.69, 9.17) is 4.74 Å². The van der Waals surface area contributed by atoms with Gasteiger partial charge in [0.05, 0.1) is 6.04 Å². The van der Waals surface area contributed by atoms with Gasteiger partial charge in [0.25, 0.3) is 5.56 Å². The maximum Gasteiger partial charge on any atom is 0.253 e. The zero-order valence-electron chi connectivity index (χ0n) is 13.9. The second kappa shape index (κ2) is 7.00. The first-order valence-corrected chi connectivity index (χ1v) is 8.18. The Balaban J connectivity index is 1.69. The van der Waals surface area contributed by atoms with E-state index in [-0.39, 0.29) is 30.2 Å². The molecule has 1 saturated heterocycles. The molecule has 0 spiro atoms. The molecule has 1 N–H and O–H groups in total. The summed E-state index contributed by atoms with van der Waals surface area (Å²) in [5, 5.41) is 2.99. The average Bonchev–Trinajstić information content (AvgIpc) is 3.20. The number of aromatic nitrogens is 3. The van der Waals surface area contributed by atoms with Crippen LogP contribution >= 0.6 is 0 Å². The van der Waals surface area contributed by atoms with Crippen LogP contribution in [0.3, 0.4) is 0 Å². The Morgan fingerprint density at radius 2 is 2.25 bits per heavy atom. The molecule has 1 aliphatic heterocycles. The average molecular weight is 330 g/mol. The minimum Gasteiger partial charge on any atom is -0.368 e. The summed E-state index contributed by atoms with van der Waals surface area (Å²) in [7, 11) is 0. The molecule has 0 aromatic carbocycles. The van der Waals surface area contributed by atoms with E-state index in [2.05, 4.69) is 10.3 Å². The van der Waals surface area contributed by atoms with Gasteiger partial charge in [-0.3, -0.25) is 9.59 Å². The molecule has 7 nitrogen and oxygen atoms in total. The Hall–Kier alpha value is -2.41. The van der Waals surface area contributed by atoms with Gasteiger partial charge in [0, 0.05) is 37.3 Å². The quantitative estimate of drug-likeness (QED) is 0.888. The number of nitrogens with one attached hydrogen (secondary N) is 1. The minimum absolute atomic E-state index is 0.00590. The molecule has 3 heterocycles. The third kappa shape index (κ3) is 3.26. The molecule has 128 valence electrons. The molecule has 2 aromatic heterocycles. The number of hydrogen-bond donors (Lipinski definition) is 1. The zero-order chi connectivity index (χ0) is 17.1. The highest BCUT2D eigenvalue weighted by Crippen LogP contribution is 2.28. The number of carbonyl (C=O) groups excluding carboxylic acids is 1. The van der Waals surface area contributed by atoms with Crippen LogP contribution in [0.4, 0.5) is 0 Å². The summed E-state index contributed by atoms with van der Waals surface area (Å²) >= 11 is 0. The van der Waals surface area contributed by atoms with Crippen molar-refractivity contribution in [3.05, 3.63) is 52.5 Å². The van der Waals surface area contributed by atoms with Gasteiger partial charge in [-0.1, -0.05) is 6.07 Å². The molecule has 3 rings (SSSR count). The largest absolute Gasteiger partial charge is 0.368 e. The number of ether oxygens (including phenoxy) is 1. The van der Waals surface area contributed by atoms with Gasteiger partial charge in [-0.05, 0) is 26.3 Å². The molecule has 24 heavy (non-hydrogen) atoms. The standard InChI is InChI=1S/C17H22N4O3/c1-3-20-9-7-18-16(20)15-13(6-10-24-15)19-14(22)11-21-8-4-5-12(2)17(21)23/h4-5,7-9,13,15H,3,6,10-11H2,1-2H3,(H,19,22)/t13-,15-/m0/s1. The highest BCUT2D eigenvalue weighted by atomic mass is 16.5. The smallest absolute Gasteiger partial charge is 0.253 e. The van der Waals surface area contributed by atoms with Crippen molar-refractivity contribution < 1.29 is 9.53 Å². The molecule has 0 saturated carbocycles. The topological polar surface area (TPSA) is 78.2 Å². The van der Waals surface area contributed by atoms with Gasteiger partial charge in [-0.15, -0.1) is 0 Å². The van der Waals surface area contributed by atoms with Crippen molar-refractivity contribution in [2.45, 2.75) is 45.5 Å². The molecular formula is C17H22N4O3. The van der Waals surface area contributed by atoms with E-state index in [1.54, 1.807) is 31.5 Å². The van der Waals surface area contributed by atoms with Crippen LogP contribution in [0.25, 0.3) is 0 Å². The van der Waals surface area contributed by atoms with Crippen LogP contribution in [0.2, 0.25) is 0 Å².